The van der Waals surface area contributed by atoms with E-state index in [1.54, 1.807) is 15.8 Å². The van der Waals surface area contributed by atoms with Crippen LogP contribution in [-0.4, -0.2) is 84.4 Å². The monoisotopic (exact) mass is 609 g/mol. The van der Waals surface area contributed by atoms with Gasteiger partial charge in [0.25, 0.3) is 0 Å². The van der Waals surface area contributed by atoms with Crippen LogP contribution in [0.4, 0.5) is 0 Å². The lowest BCUT2D eigenvalue weighted by Gasteiger charge is -2.42. The van der Waals surface area contributed by atoms with Gasteiger partial charge in [-0.25, -0.2) is 0 Å². The minimum Gasteiger partial charge on any atom is -0.348 e. The lowest BCUT2D eigenvalue weighted by atomic mass is 9.99. The van der Waals surface area contributed by atoms with Gasteiger partial charge in [0, 0.05) is 56.7 Å². The molecule has 3 amide bonds. The van der Waals surface area contributed by atoms with E-state index in [0.29, 0.717) is 51.3 Å². The number of nitrogens with one attached hydrogen (secondary N) is 3. The number of fused-ring (bicyclic) bond motifs is 3. The van der Waals surface area contributed by atoms with Crippen molar-refractivity contribution >= 4 is 17.7 Å². The van der Waals surface area contributed by atoms with Crippen molar-refractivity contribution in [3.63, 3.8) is 0 Å². The summed E-state index contributed by atoms with van der Waals surface area (Å²) in [5.74, 6) is -0.743. The number of aromatic nitrogens is 5. The normalized spacial score (nSPS) is 20.1. The molecule has 0 saturated carbocycles. The number of benzene rings is 2. The van der Waals surface area contributed by atoms with Crippen LogP contribution in [-0.2, 0) is 40.4 Å². The molecule has 2 aromatic carbocycles. The molecule has 2 atom stereocenters. The highest BCUT2D eigenvalue weighted by Crippen LogP contribution is 2.27. The zero-order chi connectivity index (χ0) is 31.3. The van der Waals surface area contributed by atoms with Crippen LogP contribution in [0.25, 0.3) is 11.3 Å². The summed E-state index contributed by atoms with van der Waals surface area (Å²) in [4.78, 5) is 44.9. The highest BCUT2D eigenvalue weighted by Gasteiger charge is 2.39. The van der Waals surface area contributed by atoms with Gasteiger partial charge in [-0.05, 0) is 37.5 Å². The predicted octanol–water partition coefficient (Wildman–Crippen LogP) is 2.14. The average Bonchev–Trinajstić information content (AvgIpc) is 3.70. The first-order valence-electron chi connectivity index (χ1n) is 15.5. The third kappa shape index (κ3) is 7.12. The fourth-order valence-corrected chi connectivity index (χ4v) is 6.12. The molecule has 0 unspecified atom stereocenters. The highest BCUT2D eigenvalue weighted by molar-refractivity contribution is 5.92. The third-order valence-corrected chi connectivity index (χ3v) is 8.56. The van der Waals surface area contributed by atoms with Gasteiger partial charge in [0.2, 0.25) is 17.7 Å². The Balaban J connectivity index is 1.27. The number of aryl methyl sites for hydroxylation is 3. The molecule has 6 rings (SSSR count). The van der Waals surface area contributed by atoms with Crippen molar-refractivity contribution in [1.82, 2.24) is 45.6 Å². The van der Waals surface area contributed by atoms with Gasteiger partial charge in [-0.2, -0.15) is 5.10 Å². The molecule has 45 heavy (non-hydrogen) atoms. The van der Waals surface area contributed by atoms with Crippen molar-refractivity contribution < 1.29 is 14.4 Å². The van der Waals surface area contributed by atoms with Gasteiger partial charge in [0.15, 0.2) is 0 Å². The van der Waals surface area contributed by atoms with Crippen LogP contribution in [0.5, 0.6) is 0 Å². The molecule has 2 aliphatic rings. The summed E-state index contributed by atoms with van der Waals surface area (Å²) in [6, 6.07) is 14.4. The lowest BCUT2D eigenvalue weighted by molar-refractivity contribution is -0.146. The highest BCUT2D eigenvalue weighted by atomic mass is 16.2. The van der Waals surface area contributed by atoms with E-state index in [2.05, 4.69) is 68.1 Å². The molecule has 234 valence electrons. The van der Waals surface area contributed by atoms with Gasteiger partial charge in [-0.15, -0.1) is 5.10 Å². The number of aromatic amines is 1. The number of amides is 3. The third-order valence-electron chi connectivity index (χ3n) is 8.56. The zero-order valence-electron chi connectivity index (χ0n) is 25.7. The molecule has 1 saturated heterocycles. The Morgan fingerprint density at radius 3 is 2.69 bits per heavy atom. The first-order valence-corrected chi connectivity index (χ1v) is 15.5. The van der Waals surface area contributed by atoms with Gasteiger partial charge in [-0.3, -0.25) is 29.1 Å². The van der Waals surface area contributed by atoms with Crippen LogP contribution in [0.3, 0.4) is 0 Å². The smallest absolute Gasteiger partial charge is 0.246 e. The minimum atomic E-state index is -0.797. The maximum Gasteiger partial charge on any atom is 0.246 e. The van der Waals surface area contributed by atoms with E-state index >= 15 is 0 Å². The molecule has 0 aliphatic carbocycles. The molecule has 12 nitrogen and oxygen atoms in total. The first kappa shape index (κ1) is 30.2. The Kier molecular flexibility index (Phi) is 9.01. The van der Waals surface area contributed by atoms with E-state index in [9.17, 15) is 14.4 Å². The molecular weight excluding hydrogens is 570 g/mol. The number of rotatable bonds is 5. The van der Waals surface area contributed by atoms with Crippen LogP contribution >= 0.6 is 0 Å². The number of hydrogen-bond acceptors (Lipinski definition) is 7. The molecule has 4 aromatic rings. The molecule has 3 N–H and O–H groups in total. The number of H-pyrrole nitrogens is 1. The first-order chi connectivity index (χ1) is 21.8. The van der Waals surface area contributed by atoms with Crippen molar-refractivity contribution in [2.45, 2.75) is 64.8 Å². The van der Waals surface area contributed by atoms with Crippen LogP contribution in [0.2, 0.25) is 0 Å². The predicted molar refractivity (Wildman–Crippen MR) is 167 cm³/mol. The van der Waals surface area contributed by atoms with Crippen LogP contribution in [0.1, 0.15) is 40.8 Å². The molecular formula is C33H39N9O3. The fourth-order valence-electron chi connectivity index (χ4n) is 6.12. The largest absolute Gasteiger partial charge is 0.348 e. The van der Waals surface area contributed by atoms with Crippen LogP contribution < -0.4 is 10.6 Å². The fraction of sp³-hybridized carbons (Fsp3) is 0.394. The van der Waals surface area contributed by atoms with Gasteiger partial charge in [-0.1, -0.05) is 53.2 Å². The van der Waals surface area contributed by atoms with E-state index in [4.69, 9.17) is 0 Å². The van der Waals surface area contributed by atoms with Gasteiger partial charge >= 0.3 is 0 Å². The van der Waals surface area contributed by atoms with E-state index in [1.165, 1.54) is 0 Å². The number of hydrogen-bond donors (Lipinski definition) is 3. The Bertz CT molecular complexity index is 1660. The topological polar surface area (TPSA) is 141 Å². The molecule has 2 aromatic heterocycles. The van der Waals surface area contributed by atoms with Gasteiger partial charge < -0.3 is 15.5 Å². The molecule has 12 heteroatoms. The zero-order valence-corrected chi connectivity index (χ0v) is 25.7. The Morgan fingerprint density at radius 1 is 1.00 bits per heavy atom. The van der Waals surface area contributed by atoms with Crippen molar-refractivity contribution in [3.8, 4) is 11.3 Å². The van der Waals surface area contributed by atoms with Crippen molar-refractivity contribution in [1.29, 1.82) is 0 Å². The summed E-state index contributed by atoms with van der Waals surface area (Å²) in [6.45, 7) is 6.63. The summed E-state index contributed by atoms with van der Waals surface area (Å²) in [7, 11) is 0. The number of carbonyl (C=O) groups excluding carboxylic acids is 3. The van der Waals surface area contributed by atoms with Crippen LogP contribution in [0.15, 0.2) is 60.9 Å². The SMILES string of the molecule is Cc1ccc(C)c(-c2[nH]ncc2CN2CCN3C(=O)[C@H](Cc4ccccc4)NC(=O)CCCn4cc(nn4)CNC(=O)[C@H]3C2)c1. The number of nitrogens with zero attached hydrogens (tertiary/aromatic N) is 6. The second kappa shape index (κ2) is 13.4. The van der Waals surface area contributed by atoms with Crippen LogP contribution in [0, 0.1) is 13.8 Å². The van der Waals surface area contributed by atoms with Gasteiger partial charge in [0.05, 0.1) is 24.6 Å². The second-order valence-corrected chi connectivity index (χ2v) is 12.0. The lowest BCUT2D eigenvalue weighted by Crippen LogP contribution is -2.63. The second-order valence-electron chi connectivity index (χ2n) is 12.0. The summed E-state index contributed by atoms with van der Waals surface area (Å²) < 4.78 is 1.67. The van der Waals surface area contributed by atoms with Crippen molar-refractivity contribution in [2.75, 3.05) is 19.6 Å². The quantitative estimate of drug-likeness (QED) is 0.315. The van der Waals surface area contributed by atoms with E-state index in [0.717, 1.165) is 33.5 Å². The minimum absolute atomic E-state index is 0.195. The molecule has 0 radical (unpaired) electrons. The summed E-state index contributed by atoms with van der Waals surface area (Å²) in [5.41, 5.74) is 6.92. The summed E-state index contributed by atoms with van der Waals surface area (Å²) >= 11 is 0. The Hall–Kier alpha value is -4.84. The molecule has 1 fully saturated rings. The van der Waals surface area contributed by atoms with Gasteiger partial charge in [0.1, 0.15) is 17.8 Å². The Morgan fingerprint density at radius 2 is 1.84 bits per heavy atom. The van der Waals surface area contributed by atoms with Crippen molar-refractivity contribution in [3.05, 3.63) is 88.9 Å². The Labute approximate surface area is 262 Å². The van der Waals surface area contributed by atoms with Crippen molar-refractivity contribution in [2.24, 2.45) is 0 Å². The van der Waals surface area contributed by atoms with E-state index in [1.807, 2.05) is 36.5 Å². The standard InChI is InChI=1S/C33H39N9O3/c1-22-10-11-23(2)27(15-22)31-25(17-35-38-31)19-40-13-14-42-29(21-40)32(44)34-18-26-20-41(39-37-26)12-6-9-30(43)36-28(33(42)45)16-24-7-4-3-5-8-24/h3-5,7-8,10-11,15,17,20,28-29H,6,9,12-14,16,18-19,21H2,1-2H3,(H,34,44)(H,35,38)(H,36,43)/t28-,29+/m0/s1. The number of carbonyl (C=O) groups is 3. The maximum atomic E-state index is 14.2. The molecule has 2 aliphatic heterocycles. The summed E-state index contributed by atoms with van der Waals surface area (Å²) in [5, 5.41) is 21.8. The molecule has 4 heterocycles. The van der Waals surface area contributed by atoms with E-state index in [-0.39, 0.29) is 30.7 Å². The average molecular weight is 610 g/mol. The van der Waals surface area contributed by atoms with E-state index < -0.39 is 12.1 Å². The summed E-state index contributed by atoms with van der Waals surface area (Å²) in [6.07, 6.45) is 4.74. The molecule has 2 bridgehead atoms. The molecule has 0 spiro atoms. The number of piperazine rings is 1. The maximum absolute atomic E-state index is 14.2.